The Balaban J connectivity index is 2.49. The maximum absolute atomic E-state index is 12.0. The van der Waals surface area contributed by atoms with Gasteiger partial charge in [0.05, 0.1) is 13.1 Å². The number of benzene rings is 1. The van der Waals surface area contributed by atoms with Crippen LogP contribution in [0.5, 0.6) is 0 Å². The second-order valence-electron chi connectivity index (χ2n) is 5.08. The summed E-state index contributed by atoms with van der Waals surface area (Å²) in [6, 6.07) is 7.51. The van der Waals surface area contributed by atoms with E-state index in [0.29, 0.717) is 6.54 Å². The summed E-state index contributed by atoms with van der Waals surface area (Å²) in [6.07, 6.45) is 0. The number of carbonyl (C=O) groups excluding carboxylic acids is 2. The van der Waals surface area contributed by atoms with E-state index in [0.717, 1.165) is 10.2 Å². The van der Waals surface area contributed by atoms with Gasteiger partial charge in [-0.25, -0.2) is 0 Å². The van der Waals surface area contributed by atoms with Gasteiger partial charge >= 0.3 is 0 Å². The van der Waals surface area contributed by atoms with E-state index in [1.54, 1.807) is 4.90 Å². The molecule has 0 aliphatic rings. The number of hydrogen-bond donors (Lipinski definition) is 2. The first-order valence-electron chi connectivity index (χ1n) is 6.97. The Hall–Kier alpha value is -1.40. The van der Waals surface area contributed by atoms with E-state index in [4.69, 9.17) is 0 Å². The normalized spacial score (nSPS) is 10.8. The van der Waals surface area contributed by atoms with E-state index in [1.165, 1.54) is 0 Å². The molecule has 1 aromatic carbocycles. The Bertz CT molecular complexity index is 492. The van der Waals surface area contributed by atoms with Crippen molar-refractivity contribution in [1.29, 1.82) is 0 Å². The summed E-state index contributed by atoms with van der Waals surface area (Å²) in [4.78, 5) is 25.5. The van der Waals surface area contributed by atoms with Gasteiger partial charge in [-0.15, -0.1) is 0 Å². The molecule has 0 saturated heterocycles. The molecule has 0 aliphatic heterocycles. The fourth-order valence-corrected chi connectivity index (χ4v) is 2.22. The first-order chi connectivity index (χ1) is 9.90. The molecule has 0 heterocycles. The van der Waals surface area contributed by atoms with Gasteiger partial charge < -0.3 is 10.6 Å². The molecule has 2 N–H and O–H groups in total. The van der Waals surface area contributed by atoms with Gasteiger partial charge in [0.2, 0.25) is 11.8 Å². The number of hydrogen-bond acceptors (Lipinski definition) is 3. The minimum absolute atomic E-state index is 0.0675. The summed E-state index contributed by atoms with van der Waals surface area (Å²) in [5.74, 6) is -0.200. The second kappa shape index (κ2) is 8.79. The Morgan fingerprint density at radius 3 is 2.48 bits per heavy atom. The fourth-order valence-electron chi connectivity index (χ4n) is 1.82. The number of nitrogens with zero attached hydrogens (tertiary/aromatic N) is 1. The predicted molar refractivity (Wildman–Crippen MR) is 88.2 cm³/mol. The van der Waals surface area contributed by atoms with Gasteiger partial charge in [-0.3, -0.25) is 14.5 Å². The van der Waals surface area contributed by atoms with Crippen LogP contribution in [0.4, 0.5) is 5.69 Å². The number of likely N-dealkylation sites (N-methyl/N-ethyl adjacent to an activating group) is 1. The van der Waals surface area contributed by atoms with E-state index in [2.05, 4.69) is 26.6 Å². The SMILES string of the molecule is CCN(CC(=O)Nc1cccc(Br)c1)CC(=O)NC(C)C. The monoisotopic (exact) mass is 355 g/mol. The number of anilines is 1. The molecule has 0 radical (unpaired) electrons. The van der Waals surface area contributed by atoms with Gasteiger partial charge in [-0.05, 0) is 38.6 Å². The summed E-state index contributed by atoms with van der Waals surface area (Å²) in [5.41, 5.74) is 0.733. The maximum Gasteiger partial charge on any atom is 0.238 e. The summed E-state index contributed by atoms with van der Waals surface area (Å²) in [6.45, 7) is 6.80. The molecule has 5 nitrogen and oxygen atoms in total. The molecule has 6 heteroatoms. The van der Waals surface area contributed by atoms with E-state index < -0.39 is 0 Å². The van der Waals surface area contributed by atoms with Crippen molar-refractivity contribution in [2.45, 2.75) is 26.8 Å². The van der Waals surface area contributed by atoms with Crippen LogP contribution in [0.25, 0.3) is 0 Å². The van der Waals surface area contributed by atoms with Gasteiger partial charge in [-0.2, -0.15) is 0 Å². The quantitative estimate of drug-likeness (QED) is 0.788. The Morgan fingerprint density at radius 1 is 1.24 bits per heavy atom. The van der Waals surface area contributed by atoms with Crippen LogP contribution in [0.1, 0.15) is 20.8 Å². The average molecular weight is 356 g/mol. The first kappa shape index (κ1) is 17.7. The molecular weight excluding hydrogens is 334 g/mol. The van der Waals surface area contributed by atoms with Gasteiger partial charge in [0.1, 0.15) is 0 Å². The van der Waals surface area contributed by atoms with Crippen molar-refractivity contribution >= 4 is 33.4 Å². The van der Waals surface area contributed by atoms with E-state index in [9.17, 15) is 9.59 Å². The van der Waals surface area contributed by atoms with Crippen molar-refractivity contribution in [1.82, 2.24) is 10.2 Å². The van der Waals surface area contributed by atoms with Crippen molar-refractivity contribution in [3.8, 4) is 0 Å². The lowest BCUT2D eigenvalue weighted by molar-refractivity contribution is -0.123. The largest absolute Gasteiger partial charge is 0.353 e. The third-order valence-corrected chi connectivity index (χ3v) is 3.23. The predicted octanol–water partition coefficient (Wildman–Crippen LogP) is 2.23. The summed E-state index contributed by atoms with van der Waals surface area (Å²) >= 11 is 3.36. The van der Waals surface area contributed by atoms with Crippen LogP contribution in [0.2, 0.25) is 0 Å². The van der Waals surface area contributed by atoms with Crippen LogP contribution >= 0.6 is 15.9 Å². The lowest BCUT2D eigenvalue weighted by Crippen LogP contribution is -2.42. The van der Waals surface area contributed by atoms with E-state index >= 15 is 0 Å². The number of amides is 2. The standard InChI is InChI=1S/C15H22BrN3O2/c1-4-19(9-14(20)17-11(2)3)10-15(21)18-13-7-5-6-12(16)8-13/h5-8,11H,4,9-10H2,1-3H3,(H,17,20)(H,18,21). The van der Waals surface area contributed by atoms with Gasteiger partial charge in [-0.1, -0.05) is 28.9 Å². The number of carbonyl (C=O) groups is 2. The Kier molecular flexibility index (Phi) is 7.39. The van der Waals surface area contributed by atoms with Crippen LogP contribution in [0, 0.1) is 0 Å². The molecule has 0 atom stereocenters. The third kappa shape index (κ3) is 7.24. The molecular formula is C15H22BrN3O2. The second-order valence-corrected chi connectivity index (χ2v) is 6.00. The molecule has 116 valence electrons. The van der Waals surface area contributed by atoms with Crippen molar-refractivity contribution in [3.05, 3.63) is 28.7 Å². The van der Waals surface area contributed by atoms with Crippen molar-refractivity contribution < 1.29 is 9.59 Å². The zero-order valence-corrected chi connectivity index (χ0v) is 14.2. The van der Waals surface area contributed by atoms with Gasteiger partial charge in [0.25, 0.3) is 0 Å². The van der Waals surface area contributed by atoms with Crippen LogP contribution < -0.4 is 10.6 Å². The molecule has 0 spiro atoms. The van der Waals surface area contributed by atoms with Crippen LogP contribution in [-0.4, -0.2) is 42.4 Å². The van der Waals surface area contributed by atoms with Crippen LogP contribution in [0.15, 0.2) is 28.7 Å². The molecule has 0 saturated carbocycles. The van der Waals surface area contributed by atoms with Crippen molar-refractivity contribution in [2.24, 2.45) is 0 Å². The zero-order chi connectivity index (χ0) is 15.8. The Labute approximate surface area is 134 Å². The van der Waals surface area contributed by atoms with Crippen LogP contribution in [0.3, 0.4) is 0 Å². The number of nitrogens with one attached hydrogen (secondary N) is 2. The lowest BCUT2D eigenvalue weighted by Gasteiger charge is -2.20. The highest BCUT2D eigenvalue weighted by Crippen LogP contribution is 2.15. The van der Waals surface area contributed by atoms with Gasteiger partial charge in [0, 0.05) is 16.2 Å². The van der Waals surface area contributed by atoms with E-state index in [-0.39, 0.29) is 30.9 Å². The molecule has 0 aliphatic carbocycles. The fraction of sp³-hybridized carbons (Fsp3) is 0.467. The molecule has 0 unspecified atom stereocenters. The Morgan fingerprint density at radius 2 is 1.90 bits per heavy atom. The minimum Gasteiger partial charge on any atom is -0.353 e. The third-order valence-electron chi connectivity index (χ3n) is 2.74. The summed E-state index contributed by atoms with van der Waals surface area (Å²) < 4.78 is 0.906. The summed E-state index contributed by atoms with van der Waals surface area (Å²) in [5, 5.41) is 5.64. The molecule has 0 fully saturated rings. The molecule has 21 heavy (non-hydrogen) atoms. The van der Waals surface area contributed by atoms with Crippen LogP contribution in [-0.2, 0) is 9.59 Å². The number of halogens is 1. The highest BCUT2D eigenvalue weighted by Gasteiger charge is 2.13. The highest BCUT2D eigenvalue weighted by atomic mass is 79.9. The number of rotatable bonds is 7. The average Bonchev–Trinajstić information content (AvgIpc) is 2.36. The molecule has 0 aromatic heterocycles. The zero-order valence-electron chi connectivity index (χ0n) is 12.6. The maximum atomic E-state index is 12.0. The molecule has 1 aromatic rings. The smallest absolute Gasteiger partial charge is 0.238 e. The van der Waals surface area contributed by atoms with Gasteiger partial charge in [0.15, 0.2) is 0 Å². The highest BCUT2D eigenvalue weighted by molar-refractivity contribution is 9.10. The van der Waals surface area contributed by atoms with Crippen molar-refractivity contribution in [2.75, 3.05) is 25.0 Å². The first-order valence-corrected chi connectivity index (χ1v) is 7.77. The lowest BCUT2D eigenvalue weighted by atomic mass is 10.3. The molecule has 2 amide bonds. The van der Waals surface area contributed by atoms with E-state index in [1.807, 2.05) is 45.0 Å². The molecule has 1 rings (SSSR count). The topological polar surface area (TPSA) is 61.4 Å². The molecule has 0 bridgehead atoms. The summed E-state index contributed by atoms with van der Waals surface area (Å²) in [7, 11) is 0. The van der Waals surface area contributed by atoms with Crippen molar-refractivity contribution in [3.63, 3.8) is 0 Å². The minimum atomic E-state index is -0.132.